The molecule has 35 heavy (non-hydrogen) atoms. The Labute approximate surface area is 199 Å². The quantitative estimate of drug-likeness (QED) is 0.397. The third kappa shape index (κ3) is 4.91. The lowest BCUT2D eigenvalue weighted by Crippen LogP contribution is -2.39. The molecule has 0 spiro atoms. The van der Waals surface area contributed by atoms with Gasteiger partial charge >= 0.3 is 6.18 Å². The van der Waals surface area contributed by atoms with Crippen molar-refractivity contribution >= 4 is 11.6 Å². The number of fused-ring (bicyclic) bond motifs is 1. The molecule has 1 aliphatic rings. The third-order valence-corrected chi connectivity index (χ3v) is 6.34. The van der Waals surface area contributed by atoms with E-state index in [1.165, 1.54) is 10.5 Å². The third-order valence-electron chi connectivity index (χ3n) is 6.34. The fourth-order valence-electron chi connectivity index (χ4n) is 4.42. The van der Waals surface area contributed by atoms with Crippen LogP contribution in [0.1, 0.15) is 48.0 Å². The molecule has 1 saturated heterocycles. The van der Waals surface area contributed by atoms with Crippen LogP contribution in [0.25, 0.3) is 17.0 Å². The smallest absolute Gasteiger partial charge is 0.417 e. The number of carbonyl (C=O) groups excluding carboxylic acids is 1. The van der Waals surface area contributed by atoms with Crippen molar-refractivity contribution in [3.63, 3.8) is 0 Å². The topological polar surface area (TPSA) is 76.5 Å². The molecule has 182 valence electrons. The van der Waals surface area contributed by atoms with Crippen LogP contribution in [0.3, 0.4) is 0 Å². The zero-order chi connectivity index (χ0) is 24.6. The van der Waals surface area contributed by atoms with Gasteiger partial charge in [-0.1, -0.05) is 29.8 Å². The van der Waals surface area contributed by atoms with Gasteiger partial charge in [-0.3, -0.25) is 9.20 Å². The molecule has 0 saturated carbocycles. The first-order chi connectivity index (χ1) is 16.8. The summed E-state index contributed by atoms with van der Waals surface area (Å²) >= 11 is 0. The number of benzene rings is 1. The second kappa shape index (κ2) is 9.16. The highest BCUT2D eigenvalue weighted by Crippen LogP contribution is 2.31. The molecule has 10 heteroatoms. The minimum atomic E-state index is -4.45. The van der Waals surface area contributed by atoms with Gasteiger partial charge in [0.25, 0.3) is 0 Å². The highest BCUT2D eigenvalue weighted by Gasteiger charge is 2.32. The van der Waals surface area contributed by atoms with Crippen molar-refractivity contribution in [2.75, 3.05) is 13.1 Å². The number of pyridine rings is 1. The van der Waals surface area contributed by atoms with Crippen LogP contribution < -0.4 is 0 Å². The molecule has 0 bridgehead atoms. The average molecular weight is 483 g/mol. The van der Waals surface area contributed by atoms with Crippen LogP contribution in [-0.4, -0.2) is 43.5 Å². The summed E-state index contributed by atoms with van der Waals surface area (Å²) in [6.45, 7) is 2.99. The largest absolute Gasteiger partial charge is 0.441 e. The minimum absolute atomic E-state index is 0.0467. The zero-order valence-electron chi connectivity index (χ0n) is 19.1. The molecule has 1 aliphatic heterocycles. The van der Waals surface area contributed by atoms with E-state index < -0.39 is 11.7 Å². The summed E-state index contributed by atoms with van der Waals surface area (Å²) in [6, 6.07) is 10.2. The van der Waals surface area contributed by atoms with E-state index in [0.717, 1.165) is 36.2 Å². The lowest BCUT2D eigenvalue weighted by molar-refractivity contribution is -0.137. The van der Waals surface area contributed by atoms with Gasteiger partial charge in [-0.2, -0.15) is 13.2 Å². The molecule has 7 nitrogen and oxygen atoms in total. The van der Waals surface area contributed by atoms with Gasteiger partial charge in [-0.25, -0.2) is 4.98 Å². The molecule has 0 N–H and O–H groups in total. The first-order valence-corrected chi connectivity index (χ1v) is 11.5. The van der Waals surface area contributed by atoms with E-state index in [1.807, 2.05) is 31.2 Å². The summed E-state index contributed by atoms with van der Waals surface area (Å²) in [5, 5.41) is 8.17. The summed E-state index contributed by atoms with van der Waals surface area (Å²) in [5.74, 6) is 1.35. The molecule has 1 atom stereocenters. The van der Waals surface area contributed by atoms with E-state index in [1.54, 1.807) is 11.1 Å². The number of nitrogens with zero attached hydrogens (tertiary/aromatic N) is 5. The van der Waals surface area contributed by atoms with Crippen molar-refractivity contribution in [2.24, 2.45) is 0 Å². The predicted octanol–water partition coefficient (Wildman–Crippen LogP) is 5.05. The minimum Gasteiger partial charge on any atom is -0.441 e. The Morgan fingerprint density at radius 1 is 1.14 bits per heavy atom. The van der Waals surface area contributed by atoms with Gasteiger partial charge in [0.2, 0.25) is 5.91 Å². The maximum atomic E-state index is 13.2. The number of amides is 1. The summed E-state index contributed by atoms with van der Waals surface area (Å²) in [6.07, 6.45) is 0.297. The lowest BCUT2D eigenvalue weighted by atomic mass is 9.96. The van der Waals surface area contributed by atoms with Crippen molar-refractivity contribution in [3.8, 4) is 11.3 Å². The average Bonchev–Trinajstić information content (AvgIpc) is 3.49. The Morgan fingerprint density at radius 3 is 2.71 bits per heavy atom. The summed E-state index contributed by atoms with van der Waals surface area (Å²) < 4.78 is 46.8. The van der Waals surface area contributed by atoms with Gasteiger partial charge < -0.3 is 9.32 Å². The fourth-order valence-corrected chi connectivity index (χ4v) is 4.42. The standard InChI is InChI=1S/C25H24F3N5O2/c1-16-4-6-17(7-5-16)20-13-29-22(35-20)10-11-23(34)32-12-2-3-18(14-32)24-31-30-21-9-8-19(15-33(21)24)25(26,27)28/h4-9,13,15,18H,2-3,10-12,14H2,1H3. The molecule has 5 rings (SSSR count). The Bertz CT molecular complexity index is 1340. The van der Waals surface area contributed by atoms with Gasteiger partial charge in [-0.15, -0.1) is 10.2 Å². The molecule has 4 heterocycles. The number of likely N-dealkylation sites (tertiary alicyclic amines) is 1. The molecule has 4 aromatic rings. The number of hydrogen-bond donors (Lipinski definition) is 0. The Hall–Kier alpha value is -3.69. The predicted molar refractivity (Wildman–Crippen MR) is 122 cm³/mol. The summed E-state index contributed by atoms with van der Waals surface area (Å²) in [5.41, 5.74) is 1.67. The number of carbonyl (C=O) groups is 1. The number of aryl methyl sites for hydroxylation is 2. The number of alkyl halides is 3. The van der Waals surface area contributed by atoms with Crippen molar-refractivity contribution in [2.45, 2.75) is 44.7 Å². The number of oxazole rings is 1. The van der Waals surface area contributed by atoms with E-state index in [9.17, 15) is 18.0 Å². The van der Waals surface area contributed by atoms with Gasteiger partial charge in [0.1, 0.15) is 5.82 Å². The van der Waals surface area contributed by atoms with Crippen LogP contribution in [0.5, 0.6) is 0 Å². The number of hydrogen-bond acceptors (Lipinski definition) is 5. The van der Waals surface area contributed by atoms with Crippen LogP contribution in [0.2, 0.25) is 0 Å². The molecule has 1 amide bonds. The second-order valence-corrected chi connectivity index (χ2v) is 8.87. The van der Waals surface area contributed by atoms with Crippen LogP contribution >= 0.6 is 0 Å². The molecule has 0 radical (unpaired) electrons. The Morgan fingerprint density at radius 2 is 1.94 bits per heavy atom. The second-order valence-electron chi connectivity index (χ2n) is 8.87. The van der Waals surface area contributed by atoms with Gasteiger partial charge in [-0.05, 0) is 31.9 Å². The van der Waals surface area contributed by atoms with E-state index >= 15 is 0 Å². The van der Waals surface area contributed by atoms with Crippen molar-refractivity contribution < 1.29 is 22.4 Å². The van der Waals surface area contributed by atoms with Crippen LogP contribution in [0.15, 0.2) is 53.2 Å². The summed E-state index contributed by atoms with van der Waals surface area (Å²) in [7, 11) is 0. The molecular formula is C25H24F3N5O2. The number of aromatic nitrogens is 4. The Balaban J connectivity index is 1.24. The highest BCUT2D eigenvalue weighted by atomic mass is 19.4. The maximum absolute atomic E-state index is 13.2. The fraction of sp³-hybridized carbons (Fsp3) is 0.360. The van der Waals surface area contributed by atoms with E-state index in [4.69, 9.17) is 4.42 Å². The van der Waals surface area contributed by atoms with Crippen LogP contribution in [-0.2, 0) is 17.4 Å². The van der Waals surface area contributed by atoms with Crippen LogP contribution in [0, 0.1) is 6.92 Å². The molecular weight excluding hydrogens is 459 g/mol. The first-order valence-electron chi connectivity index (χ1n) is 11.5. The van der Waals surface area contributed by atoms with Gasteiger partial charge in [0.05, 0.1) is 11.8 Å². The van der Waals surface area contributed by atoms with E-state index in [2.05, 4.69) is 15.2 Å². The number of halogens is 3. The maximum Gasteiger partial charge on any atom is 0.417 e. The molecule has 1 unspecified atom stereocenters. The normalized spacial score (nSPS) is 16.7. The molecule has 3 aromatic heterocycles. The van der Waals surface area contributed by atoms with Crippen molar-refractivity contribution in [1.82, 2.24) is 24.5 Å². The first kappa shape index (κ1) is 23.1. The van der Waals surface area contributed by atoms with Crippen molar-refractivity contribution in [1.29, 1.82) is 0 Å². The van der Waals surface area contributed by atoms with E-state index in [0.29, 0.717) is 42.6 Å². The lowest BCUT2D eigenvalue weighted by Gasteiger charge is -2.32. The van der Waals surface area contributed by atoms with Gasteiger partial charge in [0.15, 0.2) is 17.3 Å². The monoisotopic (exact) mass is 483 g/mol. The molecule has 1 fully saturated rings. The van der Waals surface area contributed by atoms with Gasteiger partial charge in [0, 0.05) is 43.6 Å². The SMILES string of the molecule is Cc1ccc(-c2cnc(CCC(=O)N3CCCC(c4nnc5ccc(C(F)(F)F)cn45)C3)o2)cc1. The van der Waals surface area contributed by atoms with Crippen LogP contribution in [0.4, 0.5) is 13.2 Å². The van der Waals surface area contributed by atoms with E-state index in [-0.39, 0.29) is 18.2 Å². The Kier molecular flexibility index (Phi) is 6.04. The number of piperidine rings is 1. The number of rotatable bonds is 5. The van der Waals surface area contributed by atoms with Crippen molar-refractivity contribution in [3.05, 3.63) is 71.6 Å². The highest BCUT2D eigenvalue weighted by molar-refractivity contribution is 5.76. The molecule has 0 aliphatic carbocycles. The summed E-state index contributed by atoms with van der Waals surface area (Å²) in [4.78, 5) is 19.0. The zero-order valence-corrected chi connectivity index (χ0v) is 19.1. The molecule has 1 aromatic carbocycles.